The van der Waals surface area contributed by atoms with Gasteiger partial charge in [0.15, 0.2) is 0 Å². The highest BCUT2D eigenvalue weighted by atomic mass is 19.4. The van der Waals surface area contributed by atoms with Crippen LogP contribution in [0.3, 0.4) is 0 Å². The molecule has 0 aliphatic carbocycles. The molecule has 1 N–H and O–H groups in total. The van der Waals surface area contributed by atoms with Crippen molar-refractivity contribution >= 4 is 0 Å². The SMILES string of the molecule is CC1(CO)CCCN(Cc2cccc(OC(F)(F)F)c2)C1. The molecule has 3 nitrogen and oxygen atoms in total. The maximum Gasteiger partial charge on any atom is 0.573 e. The van der Waals surface area contributed by atoms with Crippen LogP contribution in [0.5, 0.6) is 5.75 Å². The summed E-state index contributed by atoms with van der Waals surface area (Å²) in [6.07, 6.45) is -2.72. The Morgan fingerprint density at radius 1 is 1.38 bits per heavy atom. The van der Waals surface area contributed by atoms with Crippen LogP contribution in [0.15, 0.2) is 24.3 Å². The van der Waals surface area contributed by atoms with Gasteiger partial charge in [-0.15, -0.1) is 13.2 Å². The Hall–Kier alpha value is -1.27. The van der Waals surface area contributed by atoms with Crippen LogP contribution in [0.2, 0.25) is 0 Å². The van der Waals surface area contributed by atoms with Crippen molar-refractivity contribution in [2.45, 2.75) is 32.7 Å². The summed E-state index contributed by atoms with van der Waals surface area (Å²) in [4.78, 5) is 2.16. The molecule has 0 amide bonds. The second-order valence-corrected chi connectivity index (χ2v) is 5.98. The van der Waals surface area contributed by atoms with Crippen molar-refractivity contribution < 1.29 is 23.0 Å². The number of aliphatic hydroxyl groups excluding tert-OH is 1. The molecule has 1 unspecified atom stereocenters. The van der Waals surface area contributed by atoms with Crippen LogP contribution in [0.4, 0.5) is 13.2 Å². The van der Waals surface area contributed by atoms with Crippen molar-refractivity contribution in [2.24, 2.45) is 5.41 Å². The average molecular weight is 303 g/mol. The molecular formula is C15H20F3NO2. The van der Waals surface area contributed by atoms with Gasteiger partial charge in [-0.25, -0.2) is 0 Å². The van der Waals surface area contributed by atoms with Crippen LogP contribution in [-0.4, -0.2) is 36.1 Å². The molecule has 21 heavy (non-hydrogen) atoms. The third kappa shape index (κ3) is 4.89. The normalized spacial score (nSPS) is 24.0. The zero-order chi connectivity index (χ0) is 15.5. The molecule has 0 bridgehead atoms. The molecule has 0 saturated carbocycles. The summed E-state index contributed by atoms with van der Waals surface area (Å²) >= 11 is 0. The average Bonchev–Trinajstić information content (AvgIpc) is 2.37. The van der Waals surface area contributed by atoms with E-state index in [0.717, 1.165) is 31.5 Å². The third-order valence-corrected chi connectivity index (χ3v) is 3.78. The largest absolute Gasteiger partial charge is 0.573 e. The fourth-order valence-electron chi connectivity index (χ4n) is 2.79. The number of piperidine rings is 1. The number of hydrogen-bond acceptors (Lipinski definition) is 3. The van der Waals surface area contributed by atoms with Crippen LogP contribution in [0.25, 0.3) is 0 Å². The quantitative estimate of drug-likeness (QED) is 0.927. The topological polar surface area (TPSA) is 32.7 Å². The summed E-state index contributed by atoms with van der Waals surface area (Å²) in [5.74, 6) is -0.193. The van der Waals surface area contributed by atoms with E-state index in [2.05, 4.69) is 9.64 Å². The third-order valence-electron chi connectivity index (χ3n) is 3.78. The van der Waals surface area contributed by atoms with Gasteiger partial charge < -0.3 is 9.84 Å². The molecule has 2 rings (SSSR count). The predicted octanol–water partition coefficient (Wildman–Crippen LogP) is 3.18. The van der Waals surface area contributed by atoms with E-state index < -0.39 is 6.36 Å². The minimum atomic E-state index is -4.67. The lowest BCUT2D eigenvalue weighted by Crippen LogP contribution is -2.43. The van der Waals surface area contributed by atoms with Crippen LogP contribution >= 0.6 is 0 Å². The number of nitrogens with zero attached hydrogens (tertiary/aromatic N) is 1. The number of ether oxygens (including phenoxy) is 1. The fourth-order valence-corrected chi connectivity index (χ4v) is 2.79. The van der Waals surface area contributed by atoms with E-state index in [1.54, 1.807) is 12.1 Å². The smallest absolute Gasteiger partial charge is 0.406 e. The van der Waals surface area contributed by atoms with Crippen molar-refractivity contribution in [1.29, 1.82) is 0 Å². The van der Waals surface area contributed by atoms with E-state index >= 15 is 0 Å². The number of aliphatic hydroxyl groups is 1. The van der Waals surface area contributed by atoms with Gasteiger partial charge in [0.2, 0.25) is 0 Å². The summed E-state index contributed by atoms with van der Waals surface area (Å²) in [7, 11) is 0. The van der Waals surface area contributed by atoms with E-state index in [-0.39, 0.29) is 17.8 Å². The number of rotatable bonds is 4. The highest BCUT2D eigenvalue weighted by Gasteiger charge is 2.32. The van der Waals surface area contributed by atoms with Crippen molar-refractivity contribution in [3.8, 4) is 5.75 Å². The Bertz CT molecular complexity index is 478. The van der Waals surface area contributed by atoms with Crippen LogP contribution in [-0.2, 0) is 6.54 Å². The molecule has 0 spiro atoms. The number of hydrogen-bond donors (Lipinski definition) is 1. The Labute approximate surface area is 122 Å². The first-order valence-corrected chi connectivity index (χ1v) is 6.98. The molecule has 1 heterocycles. The van der Waals surface area contributed by atoms with Crippen LogP contribution in [0.1, 0.15) is 25.3 Å². The van der Waals surface area contributed by atoms with Crippen LogP contribution in [0, 0.1) is 5.41 Å². The predicted molar refractivity (Wildman–Crippen MR) is 72.8 cm³/mol. The van der Waals surface area contributed by atoms with Crippen molar-refractivity contribution in [3.05, 3.63) is 29.8 Å². The molecule has 1 aromatic rings. The second-order valence-electron chi connectivity index (χ2n) is 5.98. The Balaban J connectivity index is 2.01. The van der Waals surface area contributed by atoms with E-state index in [9.17, 15) is 18.3 Å². The maximum atomic E-state index is 12.2. The molecular weight excluding hydrogens is 283 g/mol. The van der Waals surface area contributed by atoms with Crippen molar-refractivity contribution in [2.75, 3.05) is 19.7 Å². The molecule has 1 aromatic carbocycles. The number of likely N-dealkylation sites (tertiary alicyclic amines) is 1. The highest BCUT2D eigenvalue weighted by molar-refractivity contribution is 5.28. The Kier molecular flexibility index (Phi) is 4.78. The van der Waals surface area contributed by atoms with Gasteiger partial charge in [0, 0.05) is 25.1 Å². The lowest BCUT2D eigenvalue weighted by molar-refractivity contribution is -0.274. The molecule has 0 aromatic heterocycles. The minimum Gasteiger partial charge on any atom is -0.406 e. The maximum absolute atomic E-state index is 12.2. The fraction of sp³-hybridized carbons (Fsp3) is 0.600. The lowest BCUT2D eigenvalue weighted by atomic mass is 9.82. The first-order chi connectivity index (χ1) is 9.80. The molecule has 1 aliphatic rings. The van der Waals surface area contributed by atoms with Gasteiger partial charge in [-0.3, -0.25) is 4.90 Å². The van der Waals surface area contributed by atoms with Crippen molar-refractivity contribution in [1.82, 2.24) is 4.90 Å². The minimum absolute atomic E-state index is 0.126. The van der Waals surface area contributed by atoms with Gasteiger partial charge in [-0.2, -0.15) is 0 Å². The molecule has 6 heteroatoms. The zero-order valence-corrected chi connectivity index (χ0v) is 12.0. The molecule has 118 valence electrons. The highest BCUT2D eigenvalue weighted by Crippen LogP contribution is 2.30. The van der Waals surface area contributed by atoms with E-state index in [4.69, 9.17) is 0 Å². The monoisotopic (exact) mass is 303 g/mol. The van der Waals surface area contributed by atoms with Gasteiger partial charge in [-0.1, -0.05) is 19.1 Å². The number of alkyl halides is 3. The molecule has 0 radical (unpaired) electrons. The molecule has 1 saturated heterocycles. The van der Waals surface area contributed by atoms with Gasteiger partial charge >= 0.3 is 6.36 Å². The van der Waals surface area contributed by atoms with Crippen LogP contribution < -0.4 is 4.74 Å². The molecule has 1 aliphatic heterocycles. The van der Waals surface area contributed by atoms with Gasteiger partial charge in [0.05, 0.1) is 0 Å². The summed E-state index contributed by atoms with van der Waals surface area (Å²) in [5, 5.41) is 9.43. The van der Waals surface area contributed by atoms with Crippen molar-refractivity contribution in [3.63, 3.8) is 0 Å². The summed E-state index contributed by atoms with van der Waals surface area (Å²) in [6, 6.07) is 6.06. The number of benzene rings is 1. The first-order valence-electron chi connectivity index (χ1n) is 6.98. The lowest BCUT2D eigenvalue weighted by Gasteiger charge is -2.39. The number of halogens is 3. The Morgan fingerprint density at radius 3 is 2.81 bits per heavy atom. The second kappa shape index (κ2) is 6.23. The Morgan fingerprint density at radius 2 is 2.14 bits per heavy atom. The van der Waals surface area contributed by atoms with Gasteiger partial charge in [0.25, 0.3) is 0 Å². The van der Waals surface area contributed by atoms with Gasteiger partial charge in [0.1, 0.15) is 5.75 Å². The summed E-state index contributed by atoms with van der Waals surface area (Å²) < 4.78 is 40.6. The van der Waals surface area contributed by atoms with Gasteiger partial charge in [-0.05, 0) is 37.1 Å². The summed E-state index contributed by atoms with van der Waals surface area (Å²) in [5.41, 5.74) is 0.650. The molecule has 1 atom stereocenters. The zero-order valence-electron chi connectivity index (χ0n) is 12.0. The van der Waals surface area contributed by atoms with E-state index in [1.165, 1.54) is 12.1 Å². The standard InChI is InChI=1S/C15H20F3NO2/c1-14(11-20)6-3-7-19(10-14)9-12-4-2-5-13(8-12)21-15(16,17)18/h2,4-5,8,20H,3,6-7,9-11H2,1H3. The van der Waals surface area contributed by atoms with E-state index in [0.29, 0.717) is 6.54 Å². The van der Waals surface area contributed by atoms with E-state index in [1.807, 2.05) is 6.92 Å². The first kappa shape index (κ1) is 16.1. The molecule has 1 fully saturated rings. The summed E-state index contributed by atoms with van der Waals surface area (Å²) in [6.45, 7) is 4.35.